The molecule has 25 heavy (non-hydrogen) atoms. The molecule has 0 unspecified atom stereocenters. The molecule has 0 spiro atoms. The molecule has 1 aromatic heterocycles. The first-order chi connectivity index (χ1) is 11.8. The maximum Gasteiger partial charge on any atom is 0.453 e. The van der Waals surface area contributed by atoms with E-state index in [2.05, 4.69) is 15.3 Å². The average molecular weight is 372 g/mol. The monoisotopic (exact) mass is 372 g/mol. The van der Waals surface area contributed by atoms with Gasteiger partial charge in [0.15, 0.2) is 0 Å². The van der Waals surface area contributed by atoms with E-state index in [1.165, 1.54) is 6.21 Å². The lowest BCUT2D eigenvalue weighted by molar-refractivity contribution is -0.147. The molecule has 0 fully saturated rings. The second-order valence-electron chi connectivity index (χ2n) is 5.47. The van der Waals surface area contributed by atoms with Crippen LogP contribution in [0.3, 0.4) is 0 Å². The molecule has 134 valence electrons. The summed E-state index contributed by atoms with van der Waals surface area (Å²) >= 11 is 4.81. The second kappa shape index (κ2) is 6.51. The van der Waals surface area contributed by atoms with Gasteiger partial charge < -0.3 is 9.47 Å². The number of benzene rings is 1. The van der Waals surface area contributed by atoms with Gasteiger partial charge in [0, 0.05) is 17.5 Å². The Labute approximate surface area is 146 Å². The van der Waals surface area contributed by atoms with Crippen molar-refractivity contribution in [2.24, 2.45) is 5.10 Å². The predicted molar refractivity (Wildman–Crippen MR) is 86.8 cm³/mol. The van der Waals surface area contributed by atoms with Crippen molar-refractivity contribution in [3.63, 3.8) is 0 Å². The molecule has 10 heteroatoms. The number of H-pyrrole nitrogens is 1. The van der Waals surface area contributed by atoms with Crippen LogP contribution in [0, 0.1) is 4.77 Å². The van der Waals surface area contributed by atoms with Crippen LogP contribution in [-0.2, 0) is 12.6 Å². The number of fused-ring (bicyclic) bond motifs is 1. The van der Waals surface area contributed by atoms with Crippen molar-refractivity contribution >= 4 is 18.4 Å². The van der Waals surface area contributed by atoms with Crippen molar-refractivity contribution in [3.8, 4) is 11.5 Å². The van der Waals surface area contributed by atoms with E-state index in [1.807, 2.05) is 19.9 Å². The van der Waals surface area contributed by atoms with E-state index >= 15 is 0 Å². The van der Waals surface area contributed by atoms with Gasteiger partial charge in [-0.25, -0.2) is 5.10 Å². The number of aromatic nitrogens is 3. The van der Waals surface area contributed by atoms with Crippen molar-refractivity contribution in [1.29, 1.82) is 0 Å². The molecule has 0 bridgehead atoms. The highest BCUT2D eigenvalue weighted by molar-refractivity contribution is 7.71. The van der Waals surface area contributed by atoms with Crippen LogP contribution in [0.5, 0.6) is 11.5 Å². The summed E-state index contributed by atoms with van der Waals surface area (Å²) in [7, 11) is 0. The summed E-state index contributed by atoms with van der Waals surface area (Å²) in [5, 5.41) is 9.10. The Balaban J connectivity index is 2.01. The predicted octanol–water partition coefficient (Wildman–Crippen LogP) is 3.56. The smallest absolute Gasteiger partial charge is 0.453 e. The van der Waals surface area contributed by atoms with Crippen LogP contribution in [0.4, 0.5) is 13.2 Å². The third-order valence-corrected chi connectivity index (χ3v) is 3.81. The molecule has 1 aliphatic heterocycles. The van der Waals surface area contributed by atoms with Crippen molar-refractivity contribution < 1.29 is 22.6 Å². The fourth-order valence-corrected chi connectivity index (χ4v) is 2.72. The van der Waals surface area contributed by atoms with Crippen LogP contribution in [0.25, 0.3) is 0 Å². The standard InChI is InChI=1S/C15H15F3N4O2S/c1-3-23-11-5-9-4-8(2)24-12(9)6-10(11)7-19-22-13(15(16,17)18)20-21-14(22)25/h5-8H,3-4H2,1-2H3,(H,21,25)/b19-7-/t8-/m1/s1. The van der Waals surface area contributed by atoms with Gasteiger partial charge in [-0.3, -0.25) is 0 Å². The van der Waals surface area contributed by atoms with E-state index in [0.29, 0.717) is 28.3 Å². The fourth-order valence-electron chi connectivity index (χ4n) is 2.54. The van der Waals surface area contributed by atoms with Gasteiger partial charge >= 0.3 is 6.18 Å². The van der Waals surface area contributed by atoms with Gasteiger partial charge in [0.25, 0.3) is 5.82 Å². The molecule has 0 aliphatic carbocycles. The largest absolute Gasteiger partial charge is 0.493 e. The first-order valence-corrected chi connectivity index (χ1v) is 7.95. The minimum Gasteiger partial charge on any atom is -0.493 e. The van der Waals surface area contributed by atoms with Crippen molar-refractivity contribution in [2.45, 2.75) is 32.5 Å². The van der Waals surface area contributed by atoms with Crippen LogP contribution in [0.1, 0.15) is 30.8 Å². The van der Waals surface area contributed by atoms with E-state index in [9.17, 15) is 13.2 Å². The third-order valence-electron chi connectivity index (χ3n) is 3.54. The van der Waals surface area contributed by atoms with E-state index < -0.39 is 12.0 Å². The Bertz CT molecular complexity index is 873. The van der Waals surface area contributed by atoms with Gasteiger partial charge in [-0.05, 0) is 38.2 Å². The highest BCUT2D eigenvalue weighted by atomic mass is 32.1. The van der Waals surface area contributed by atoms with E-state index in [4.69, 9.17) is 21.7 Å². The molecular formula is C15H15F3N4O2S. The maximum absolute atomic E-state index is 12.9. The fraction of sp³-hybridized carbons (Fsp3) is 0.400. The summed E-state index contributed by atoms with van der Waals surface area (Å²) in [6.45, 7) is 4.17. The quantitative estimate of drug-likeness (QED) is 0.658. The van der Waals surface area contributed by atoms with Crippen LogP contribution < -0.4 is 9.47 Å². The van der Waals surface area contributed by atoms with E-state index in [-0.39, 0.29) is 10.9 Å². The number of halogens is 3. The molecule has 0 saturated carbocycles. The zero-order valence-electron chi connectivity index (χ0n) is 13.4. The molecule has 3 rings (SSSR count). The minimum atomic E-state index is -4.68. The molecule has 1 N–H and O–H groups in total. The molecule has 0 amide bonds. The molecular weight excluding hydrogens is 357 g/mol. The summed E-state index contributed by atoms with van der Waals surface area (Å²) in [6, 6.07) is 3.52. The summed E-state index contributed by atoms with van der Waals surface area (Å²) in [4.78, 5) is 0. The Hall–Kier alpha value is -2.36. The lowest BCUT2D eigenvalue weighted by atomic mass is 10.1. The highest BCUT2D eigenvalue weighted by Gasteiger charge is 2.37. The summed E-state index contributed by atoms with van der Waals surface area (Å²) in [5.41, 5.74) is 1.48. The van der Waals surface area contributed by atoms with Gasteiger partial charge in [-0.15, -0.1) is 5.10 Å². The molecule has 1 aromatic carbocycles. The summed E-state index contributed by atoms with van der Waals surface area (Å²) in [5.74, 6) is -0.0340. The molecule has 6 nitrogen and oxygen atoms in total. The Morgan fingerprint density at radius 1 is 1.52 bits per heavy atom. The van der Waals surface area contributed by atoms with Crippen LogP contribution in [0.2, 0.25) is 0 Å². The third kappa shape index (κ3) is 3.53. The molecule has 0 saturated heterocycles. The zero-order valence-corrected chi connectivity index (χ0v) is 14.2. The second-order valence-corrected chi connectivity index (χ2v) is 5.86. The number of nitrogens with one attached hydrogen (secondary N) is 1. The van der Waals surface area contributed by atoms with Crippen LogP contribution in [0.15, 0.2) is 17.2 Å². The molecule has 0 radical (unpaired) electrons. The molecule has 2 aromatic rings. The Morgan fingerprint density at radius 3 is 2.96 bits per heavy atom. The first kappa shape index (κ1) is 17.5. The molecule has 1 aliphatic rings. The topological polar surface area (TPSA) is 64.4 Å². The molecule has 1 atom stereocenters. The highest BCUT2D eigenvalue weighted by Crippen LogP contribution is 2.34. The number of ether oxygens (including phenoxy) is 2. The number of alkyl halides is 3. The SMILES string of the molecule is CCOc1cc2c(cc1/C=N\n1c(C(F)(F)F)n[nH]c1=S)O[C@H](C)C2. The Kier molecular flexibility index (Phi) is 4.55. The van der Waals surface area contributed by atoms with Gasteiger partial charge in [0.1, 0.15) is 17.6 Å². The van der Waals surface area contributed by atoms with Crippen molar-refractivity contribution in [2.75, 3.05) is 6.61 Å². The lowest BCUT2D eigenvalue weighted by Crippen LogP contribution is -2.13. The lowest BCUT2D eigenvalue weighted by Gasteiger charge is -2.10. The Morgan fingerprint density at radius 2 is 2.28 bits per heavy atom. The number of hydrogen-bond donors (Lipinski definition) is 1. The van der Waals surface area contributed by atoms with Gasteiger partial charge in [-0.1, -0.05) is 0 Å². The minimum absolute atomic E-state index is 0.0380. The van der Waals surface area contributed by atoms with E-state index in [1.54, 1.807) is 6.07 Å². The van der Waals surface area contributed by atoms with Crippen LogP contribution >= 0.6 is 12.2 Å². The summed E-state index contributed by atoms with van der Waals surface area (Å²) in [6.07, 6.45) is -2.64. The number of nitrogens with zero attached hydrogens (tertiary/aromatic N) is 3. The van der Waals surface area contributed by atoms with Crippen molar-refractivity contribution in [1.82, 2.24) is 14.9 Å². The maximum atomic E-state index is 12.9. The summed E-state index contributed by atoms with van der Waals surface area (Å²) < 4.78 is 50.3. The number of rotatable bonds is 4. The van der Waals surface area contributed by atoms with E-state index in [0.717, 1.165) is 12.0 Å². The number of hydrogen-bond acceptors (Lipinski definition) is 5. The zero-order chi connectivity index (χ0) is 18.2. The normalized spacial score (nSPS) is 16.9. The van der Waals surface area contributed by atoms with Gasteiger partial charge in [0.2, 0.25) is 4.77 Å². The average Bonchev–Trinajstić information content (AvgIpc) is 3.06. The first-order valence-electron chi connectivity index (χ1n) is 7.55. The van der Waals surface area contributed by atoms with Gasteiger partial charge in [0.05, 0.1) is 12.8 Å². The van der Waals surface area contributed by atoms with Gasteiger partial charge in [-0.2, -0.15) is 22.9 Å². The number of aromatic amines is 1. The van der Waals surface area contributed by atoms with Crippen LogP contribution in [-0.4, -0.2) is 33.8 Å². The molecule has 2 heterocycles. The van der Waals surface area contributed by atoms with Crippen molar-refractivity contribution in [3.05, 3.63) is 33.9 Å².